The van der Waals surface area contributed by atoms with E-state index in [0.717, 1.165) is 13.0 Å². The minimum absolute atomic E-state index is 0.569. The molecule has 0 aromatic heterocycles. The van der Waals surface area contributed by atoms with Crippen LogP contribution in [0.2, 0.25) is 0 Å². The maximum Gasteiger partial charge on any atom is 0.148 e. The minimum atomic E-state index is 0.569. The first kappa shape index (κ1) is 5.06. The second-order valence-corrected chi connectivity index (χ2v) is 1.72. The first-order chi connectivity index (χ1) is 3.43. The van der Waals surface area contributed by atoms with E-state index in [2.05, 4.69) is 12.2 Å². The highest BCUT2D eigenvalue weighted by atomic mass is 16.5. The molecule has 2 nitrogen and oxygen atoms in total. The standard InChI is InChI=1S/C5H10NO/c1-2-5-3-7-4-6-5/h4-6H,2-3H2,1H3. The van der Waals surface area contributed by atoms with Crippen LogP contribution in [0.5, 0.6) is 0 Å². The van der Waals surface area contributed by atoms with Gasteiger partial charge >= 0.3 is 0 Å². The summed E-state index contributed by atoms with van der Waals surface area (Å²) in [6.07, 6.45) is 1.15. The molecule has 1 N–H and O–H groups in total. The summed E-state index contributed by atoms with van der Waals surface area (Å²) >= 11 is 0. The molecule has 0 amide bonds. The Labute approximate surface area is 43.9 Å². The van der Waals surface area contributed by atoms with Crippen LogP contribution < -0.4 is 5.32 Å². The summed E-state index contributed by atoms with van der Waals surface area (Å²) in [6, 6.07) is 0.569. The second-order valence-electron chi connectivity index (χ2n) is 1.72. The molecular formula is C5H10NO. The Morgan fingerprint density at radius 1 is 2.00 bits per heavy atom. The van der Waals surface area contributed by atoms with Crippen molar-refractivity contribution in [3.63, 3.8) is 0 Å². The van der Waals surface area contributed by atoms with Crippen molar-refractivity contribution in [2.75, 3.05) is 6.61 Å². The van der Waals surface area contributed by atoms with Gasteiger partial charge in [0.25, 0.3) is 0 Å². The molecule has 0 aliphatic carbocycles. The van der Waals surface area contributed by atoms with Gasteiger partial charge in [-0.15, -0.1) is 0 Å². The third-order valence-corrected chi connectivity index (χ3v) is 1.18. The zero-order valence-corrected chi connectivity index (χ0v) is 4.48. The summed E-state index contributed by atoms with van der Waals surface area (Å²) in [6.45, 7) is 4.64. The number of hydrogen-bond acceptors (Lipinski definition) is 2. The van der Waals surface area contributed by atoms with Gasteiger partial charge in [0, 0.05) is 6.04 Å². The summed E-state index contributed by atoms with van der Waals surface area (Å²) in [5.74, 6) is 0. The van der Waals surface area contributed by atoms with E-state index in [9.17, 15) is 0 Å². The van der Waals surface area contributed by atoms with Gasteiger partial charge in [0.2, 0.25) is 0 Å². The molecule has 0 aromatic rings. The highest BCUT2D eigenvalue weighted by Gasteiger charge is 2.10. The molecule has 1 aliphatic rings. The van der Waals surface area contributed by atoms with Gasteiger partial charge in [-0.05, 0) is 6.42 Å². The fourth-order valence-electron chi connectivity index (χ4n) is 0.592. The predicted octanol–water partition coefficient (Wildman–Crippen LogP) is 0.504. The summed E-state index contributed by atoms with van der Waals surface area (Å²) < 4.78 is 4.91. The van der Waals surface area contributed by atoms with Crippen LogP contribution in [0.1, 0.15) is 13.3 Å². The van der Waals surface area contributed by atoms with Gasteiger partial charge in [-0.1, -0.05) is 6.92 Å². The lowest BCUT2D eigenvalue weighted by Gasteiger charge is -1.99. The molecule has 1 unspecified atom stereocenters. The normalized spacial score (nSPS) is 31.3. The molecule has 1 radical (unpaired) electrons. The summed E-state index contributed by atoms with van der Waals surface area (Å²) in [5.41, 5.74) is 0. The second kappa shape index (κ2) is 2.28. The molecule has 0 spiro atoms. The van der Waals surface area contributed by atoms with Crippen LogP contribution in [0.3, 0.4) is 0 Å². The van der Waals surface area contributed by atoms with Crippen LogP contribution in [-0.2, 0) is 4.74 Å². The van der Waals surface area contributed by atoms with E-state index >= 15 is 0 Å². The molecule has 1 fully saturated rings. The monoisotopic (exact) mass is 100 g/mol. The molecule has 1 heterocycles. The molecule has 0 aromatic carbocycles. The van der Waals surface area contributed by atoms with Crippen LogP contribution >= 0.6 is 0 Å². The number of nitrogens with one attached hydrogen (secondary N) is 1. The van der Waals surface area contributed by atoms with Crippen LogP contribution in [0, 0.1) is 6.73 Å². The third-order valence-electron chi connectivity index (χ3n) is 1.18. The Bertz CT molecular complexity index is 50.0. The van der Waals surface area contributed by atoms with E-state index in [4.69, 9.17) is 4.74 Å². The molecule has 1 atom stereocenters. The first-order valence-electron chi connectivity index (χ1n) is 2.63. The zero-order valence-electron chi connectivity index (χ0n) is 4.48. The average molecular weight is 100 g/mol. The molecule has 0 bridgehead atoms. The van der Waals surface area contributed by atoms with Gasteiger partial charge < -0.3 is 4.74 Å². The fourth-order valence-corrected chi connectivity index (χ4v) is 0.592. The molecule has 1 saturated heterocycles. The summed E-state index contributed by atoms with van der Waals surface area (Å²) in [5, 5.41) is 3.06. The quantitative estimate of drug-likeness (QED) is 0.518. The van der Waals surface area contributed by atoms with E-state index in [0.29, 0.717) is 6.04 Å². The third kappa shape index (κ3) is 1.14. The summed E-state index contributed by atoms with van der Waals surface area (Å²) in [4.78, 5) is 0. The smallest absolute Gasteiger partial charge is 0.148 e. The van der Waals surface area contributed by atoms with Crippen molar-refractivity contribution in [1.82, 2.24) is 5.32 Å². The zero-order chi connectivity index (χ0) is 5.11. The van der Waals surface area contributed by atoms with Crippen molar-refractivity contribution in [2.24, 2.45) is 0 Å². The van der Waals surface area contributed by atoms with E-state index in [1.54, 1.807) is 6.73 Å². The van der Waals surface area contributed by atoms with E-state index in [-0.39, 0.29) is 0 Å². The average Bonchev–Trinajstić information content (AvgIpc) is 2.14. The number of rotatable bonds is 1. The van der Waals surface area contributed by atoms with Gasteiger partial charge in [0.15, 0.2) is 0 Å². The Morgan fingerprint density at radius 3 is 3.14 bits per heavy atom. The fraction of sp³-hybridized carbons (Fsp3) is 0.800. The molecule has 2 heteroatoms. The van der Waals surface area contributed by atoms with E-state index < -0.39 is 0 Å². The van der Waals surface area contributed by atoms with Gasteiger partial charge in [0.05, 0.1) is 6.61 Å². The molecular weight excluding hydrogens is 90.1 g/mol. The van der Waals surface area contributed by atoms with Crippen molar-refractivity contribution in [1.29, 1.82) is 0 Å². The van der Waals surface area contributed by atoms with Gasteiger partial charge in [-0.2, -0.15) is 0 Å². The largest absolute Gasteiger partial charge is 0.357 e. The van der Waals surface area contributed by atoms with Crippen molar-refractivity contribution >= 4 is 0 Å². The first-order valence-corrected chi connectivity index (χ1v) is 2.63. The van der Waals surface area contributed by atoms with Crippen LogP contribution in [0.25, 0.3) is 0 Å². The minimum Gasteiger partial charge on any atom is -0.357 e. The van der Waals surface area contributed by atoms with Gasteiger partial charge in [-0.3, -0.25) is 5.32 Å². The van der Waals surface area contributed by atoms with Crippen LogP contribution in [-0.4, -0.2) is 12.6 Å². The Morgan fingerprint density at radius 2 is 2.86 bits per heavy atom. The molecule has 1 rings (SSSR count). The maximum absolute atomic E-state index is 4.91. The van der Waals surface area contributed by atoms with Gasteiger partial charge in [-0.25, -0.2) is 0 Å². The van der Waals surface area contributed by atoms with Gasteiger partial charge in [0.1, 0.15) is 6.73 Å². The van der Waals surface area contributed by atoms with Crippen molar-refractivity contribution < 1.29 is 4.74 Å². The Kier molecular flexibility index (Phi) is 1.65. The van der Waals surface area contributed by atoms with Crippen LogP contribution in [0.4, 0.5) is 0 Å². The number of hydrogen-bond donors (Lipinski definition) is 1. The van der Waals surface area contributed by atoms with E-state index in [1.165, 1.54) is 0 Å². The maximum atomic E-state index is 4.91. The highest BCUT2D eigenvalue weighted by Crippen LogP contribution is 1.99. The highest BCUT2D eigenvalue weighted by molar-refractivity contribution is 4.71. The van der Waals surface area contributed by atoms with E-state index in [1.807, 2.05) is 0 Å². The molecule has 1 aliphatic heterocycles. The topological polar surface area (TPSA) is 21.3 Å². The Hall–Kier alpha value is -0.0800. The van der Waals surface area contributed by atoms with Crippen LogP contribution in [0.15, 0.2) is 0 Å². The number of ether oxygens (including phenoxy) is 1. The SMILES string of the molecule is CCC1CO[CH]N1. The lowest BCUT2D eigenvalue weighted by atomic mass is 10.3. The summed E-state index contributed by atoms with van der Waals surface area (Å²) in [7, 11) is 0. The van der Waals surface area contributed by atoms with Crippen molar-refractivity contribution in [2.45, 2.75) is 19.4 Å². The lowest BCUT2D eigenvalue weighted by molar-refractivity contribution is 0.244. The molecule has 41 valence electrons. The van der Waals surface area contributed by atoms with Crippen molar-refractivity contribution in [3.8, 4) is 0 Å². The predicted molar refractivity (Wildman–Crippen MR) is 27.5 cm³/mol. The van der Waals surface area contributed by atoms with Crippen molar-refractivity contribution in [3.05, 3.63) is 6.73 Å². The molecule has 7 heavy (non-hydrogen) atoms. The lowest BCUT2D eigenvalue weighted by Crippen LogP contribution is -2.19. The molecule has 0 saturated carbocycles. The Balaban J connectivity index is 2.14.